The Morgan fingerprint density at radius 3 is 2.72 bits per heavy atom. The highest BCUT2D eigenvalue weighted by molar-refractivity contribution is 6.31. The summed E-state index contributed by atoms with van der Waals surface area (Å²) in [5.41, 5.74) is 1.96. The number of hydrogen-bond donors (Lipinski definition) is 2. The molecule has 0 bridgehead atoms. The topological polar surface area (TPSA) is 105 Å². The van der Waals surface area contributed by atoms with Gasteiger partial charge in [0.15, 0.2) is 11.5 Å². The second-order valence-corrected chi connectivity index (χ2v) is 8.52. The van der Waals surface area contributed by atoms with Gasteiger partial charge in [0.05, 0.1) is 0 Å². The zero-order chi connectivity index (χ0) is 20.2. The summed E-state index contributed by atoms with van der Waals surface area (Å²) in [4.78, 5) is 31.7. The third-order valence-corrected chi connectivity index (χ3v) is 6.24. The van der Waals surface area contributed by atoms with Crippen LogP contribution in [0.25, 0.3) is 11.1 Å². The Balaban J connectivity index is 1.17. The van der Waals surface area contributed by atoms with Crippen LogP contribution in [0.5, 0.6) is 0 Å². The molecule has 2 aliphatic rings. The van der Waals surface area contributed by atoms with Crippen LogP contribution in [-0.4, -0.2) is 33.0 Å². The first kappa shape index (κ1) is 18.1. The number of amides is 1. The summed E-state index contributed by atoms with van der Waals surface area (Å²) in [5.74, 6) is -0.347. The Labute approximate surface area is 171 Å². The molecule has 2 aromatic heterocycles. The van der Waals surface area contributed by atoms with E-state index in [2.05, 4.69) is 15.3 Å². The molecule has 148 valence electrons. The fraction of sp³-hybridized carbons (Fsp3) is 0.333. The van der Waals surface area contributed by atoms with E-state index in [1.165, 1.54) is 18.3 Å². The van der Waals surface area contributed by atoms with Gasteiger partial charge in [-0.15, -0.1) is 0 Å². The molecule has 2 saturated carbocycles. The monoisotopic (exact) mass is 411 g/mol. The lowest BCUT2D eigenvalue weighted by Crippen LogP contribution is -2.55. The van der Waals surface area contributed by atoms with E-state index in [-0.39, 0.29) is 23.1 Å². The van der Waals surface area contributed by atoms with Gasteiger partial charge in [-0.2, -0.15) is 0 Å². The van der Waals surface area contributed by atoms with Crippen LogP contribution in [0, 0.1) is 5.41 Å². The Morgan fingerprint density at radius 1 is 1.17 bits per heavy atom. The van der Waals surface area contributed by atoms with E-state index >= 15 is 0 Å². The summed E-state index contributed by atoms with van der Waals surface area (Å²) in [7, 11) is 0. The van der Waals surface area contributed by atoms with E-state index in [9.17, 15) is 9.59 Å². The summed E-state index contributed by atoms with van der Waals surface area (Å²) in [5, 5.41) is 12.6. The van der Waals surface area contributed by atoms with Crippen LogP contribution >= 0.6 is 11.6 Å². The first-order valence-electron chi connectivity index (χ1n) is 9.47. The lowest BCUT2D eigenvalue weighted by Gasteiger charge is -2.57. The number of carbonyl (C=O) groups is 2. The maximum absolute atomic E-state index is 12.4. The van der Waals surface area contributed by atoms with Gasteiger partial charge in [-0.25, -0.2) is 14.8 Å². The highest BCUT2D eigenvalue weighted by atomic mass is 35.5. The lowest BCUT2D eigenvalue weighted by atomic mass is 9.50. The Hall–Kier alpha value is -2.93. The van der Waals surface area contributed by atoms with Crippen LogP contribution < -0.4 is 5.32 Å². The molecule has 0 atom stereocenters. The Kier molecular flexibility index (Phi) is 4.10. The Morgan fingerprint density at radius 2 is 1.97 bits per heavy atom. The summed E-state index contributed by atoms with van der Waals surface area (Å²) in [6.45, 7) is 0. The minimum atomic E-state index is -1.15. The van der Waals surface area contributed by atoms with Gasteiger partial charge in [-0.3, -0.25) is 4.79 Å². The van der Waals surface area contributed by atoms with Gasteiger partial charge >= 0.3 is 5.97 Å². The number of aromatic nitrogens is 2. The average Bonchev–Trinajstić information content (AvgIpc) is 3.04. The highest BCUT2D eigenvalue weighted by Gasteiger charge is 2.54. The van der Waals surface area contributed by atoms with E-state index in [0.29, 0.717) is 16.5 Å². The van der Waals surface area contributed by atoms with Crippen molar-refractivity contribution in [2.75, 3.05) is 0 Å². The number of nitrogens with one attached hydrogen (secondary N) is 1. The number of fused-ring (bicyclic) bond motifs is 1. The average molecular weight is 412 g/mol. The molecule has 3 aromatic rings. The van der Waals surface area contributed by atoms with Crippen molar-refractivity contribution in [1.29, 1.82) is 0 Å². The number of carbonyl (C=O) groups excluding carboxylic acids is 1. The van der Waals surface area contributed by atoms with Crippen molar-refractivity contribution in [3.8, 4) is 0 Å². The molecular weight excluding hydrogens is 394 g/mol. The van der Waals surface area contributed by atoms with Crippen molar-refractivity contribution in [3.05, 3.63) is 58.7 Å². The van der Waals surface area contributed by atoms with Crippen LogP contribution in [0.2, 0.25) is 5.02 Å². The van der Waals surface area contributed by atoms with Crippen LogP contribution in [0.15, 0.2) is 40.9 Å². The van der Waals surface area contributed by atoms with Gasteiger partial charge < -0.3 is 14.8 Å². The third kappa shape index (κ3) is 3.25. The van der Waals surface area contributed by atoms with E-state index in [0.717, 1.165) is 42.7 Å². The summed E-state index contributed by atoms with van der Waals surface area (Å²) < 4.78 is 5.88. The van der Waals surface area contributed by atoms with E-state index in [1.54, 1.807) is 6.07 Å². The molecule has 0 radical (unpaired) electrons. The number of oxazole rings is 1. The molecule has 0 unspecified atom stereocenters. The van der Waals surface area contributed by atoms with Crippen LogP contribution in [0.4, 0.5) is 0 Å². The van der Waals surface area contributed by atoms with E-state index in [1.807, 2.05) is 12.1 Å². The molecule has 8 heteroatoms. The molecule has 2 heterocycles. The number of aromatic carboxylic acids is 1. The molecule has 1 spiro atoms. The second kappa shape index (κ2) is 6.56. The second-order valence-electron chi connectivity index (χ2n) is 8.08. The number of rotatable bonds is 4. The molecular formula is C21H18ClN3O4. The molecule has 1 aromatic carbocycles. The molecule has 7 nitrogen and oxygen atoms in total. The fourth-order valence-electron chi connectivity index (χ4n) is 4.63. The van der Waals surface area contributed by atoms with Gasteiger partial charge in [0.2, 0.25) is 0 Å². The summed E-state index contributed by atoms with van der Waals surface area (Å²) in [6.07, 6.45) is 5.16. The van der Waals surface area contributed by atoms with Crippen molar-refractivity contribution in [2.24, 2.45) is 5.41 Å². The van der Waals surface area contributed by atoms with Crippen LogP contribution in [-0.2, 0) is 0 Å². The predicted molar refractivity (Wildman–Crippen MR) is 105 cm³/mol. The molecule has 5 rings (SSSR count). The smallest absolute Gasteiger partial charge is 0.354 e. The van der Waals surface area contributed by atoms with Gasteiger partial charge in [0, 0.05) is 28.7 Å². The predicted octanol–water partition coefficient (Wildman–Crippen LogP) is 4.03. The lowest BCUT2D eigenvalue weighted by molar-refractivity contribution is -0.0253. The van der Waals surface area contributed by atoms with Crippen molar-refractivity contribution >= 4 is 34.6 Å². The van der Waals surface area contributed by atoms with Crippen molar-refractivity contribution in [3.63, 3.8) is 0 Å². The van der Waals surface area contributed by atoms with Crippen LogP contribution in [0.1, 0.15) is 58.3 Å². The number of pyridine rings is 1. The number of hydrogen-bond acceptors (Lipinski definition) is 5. The summed E-state index contributed by atoms with van der Waals surface area (Å²) in [6, 6.07) is 8.37. The standard InChI is InChI=1S/C21H18ClN3O4/c22-13-1-2-17-15(6-13)25-19(29-17)12-7-21(8-12)9-14(10-21)24-18(26)11-3-4-23-16(5-11)20(27)28/h1-6,12,14H,7-10H2,(H,24,26)(H,27,28). The number of carboxylic acids is 1. The first-order chi connectivity index (χ1) is 13.9. The number of benzene rings is 1. The van der Waals surface area contributed by atoms with E-state index < -0.39 is 5.97 Å². The van der Waals surface area contributed by atoms with Crippen LogP contribution in [0.3, 0.4) is 0 Å². The highest BCUT2D eigenvalue weighted by Crippen LogP contribution is 2.61. The molecule has 0 aliphatic heterocycles. The maximum atomic E-state index is 12.4. The first-order valence-corrected chi connectivity index (χ1v) is 9.85. The molecule has 2 N–H and O–H groups in total. The fourth-order valence-corrected chi connectivity index (χ4v) is 4.80. The zero-order valence-electron chi connectivity index (χ0n) is 15.4. The van der Waals surface area contributed by atoms with Gasteiger partial charge in [0.25, 0.3) is 5.91 Å². The Bertz CT molecular complexity index is 1130. The quantitative estimate of drug-likeness (QED) is 0.671. The SMILES string of the molecule is O=C(NC1CC2(C1)CC(c1nc3cc(Cl)ccc3o1)C2)c1ccnc(C(=O)O)c1. The largest absolute Gasteiger partial charge is 0.477 e. The minimum Gasteiger partial charge on any atom is -0.477 e. The van der Waals surface area contributed by atoms with E-state index in [4.69, 9.17) is 21.1 Å². The summed E-state index contributed by atoms with van der Waals surface area (Å²) >= 11 is 6.01. The number of halogens is 1. The van der Waals surface area contributed by atoms with Crippen molar-refractivity contribution < 1.29 is 19.1 Å². The van der Waals surface area contributed by atoms with Gasteiger partial charge in [0.1, 0.15) is 11.2 Å². The van der Waals surface area contributed by atoms with Gasteiger partial charge in [-0.05, 0) is 61.4 Å². The minimum absolute atomic E-state index is 0.104. The maximum Gasteiger partial charge on any atom is 0.354 e. The van der Waals surface area contributed by atoms with Crippen molar-refractivity contribution in [2.45, 2.75) is 37.6 Å². The molecule has 2 aliphatic carbocycles. The molecule has 0 saturated heterocycles. The molecule has 2 fully saturated rings. The third-order valence-electron chi connectivity index (χ3n) is 6.01. The number of carboxylic acid groups (broad SMARTS) is 1. The zero-order valence-corrected chi connectivity index (χ0v) is 16.1. The normalized spacial score (nSPS) is 25.4. The molecule has 29 heavy (non-hydrogen) atoms. The van der Waals surface area contributed by atoms with Crippen molar-refractivity contribution in [1.82, 2.24) is 15.3 Å². The molecule has 1 amide bonds. The number of nitrogens with zero attached hydrogens (tertiary/aromatic N) is 2. The van der Waals surface area contributed by atoms with Gasteiger partial charge in [-0.1, -0.05) is 11.6 Å².